The van der Waals surface area contributed by atoms with Crippen LogP contribution in [0, 0.1) is 5.92 Å². The van der Waals surface area contributed by atoms with E-state index in [1.54, 1.807) is 42.2 Å². The fourth-order valence-electron chi connectivity index (χ4n) is 5.52. The summed E-state index contributed by atoms with van der Waals surface area (Å²) in [5.74, 6) is 0.114. The number of ether oxygens (including phenoxy) is 3. The predicted molar refractivity (Wildman–Crippen MR) is 186 cm³/mol. The number of hydrogen-bond acceptors (Lipinski definition) is 9. The van der Waals surface area contributed by atoms with Crippen LogP contribution in [0.5, 0.6) is 11.5 Å². The molecule has 0 spiro atoms. The first-order chi connectivity index (χ1) is 22.8. The molecule has 0 unspecified atom stereocenters. The Morgan fingerprint density at radius 2 is 1.83 bits per heavy atom. The summed E-state index contributed by atoms with van der Waals surface area (Å²) < 4.78 is 46.1. The van der Waals surface area contributed by atoms with Crippen LogP contribution < -0.4 is 14.8 Å². The highest BCUT2D eigenvalue weighted by Crippen LogP contribution is 2.29. The molecule has 48 heavy (non-hydrogen) atoms. The zero-order chi connectivity index (χ0) is 35.4. The third-order valence-corrected chi connectivity index (χ3v) is 10.4. The van der Waals surface area contributed by atoms with Crippen molar-refractivity contribution >= 4 is 27.5 Å². The first-order valence-corrected chi connectivity index (χ1v) is 18.1. The van der Waals surface area contributed by atoms with E-state index in [1.165, 1.54) is 30.6 Å². The van der Waals surface area contributed by atoms with E-state index in [0.717, 1.165) is 19.4 Å². The number of aliphatic hydroxyl groups excluding tert-OH is 1. The number of sulfonamides is 1. The lowest BCUT2D eigenvalue weighted by atomic mass is 10.0. The first-order valence-electron chi connectivity index (χ1n) is 16.7. The van der Waals surface area contributed by atoms with Crippen LogP contribution in [0.1, 0.15) is 63.2 Å². The van der Waals surface area contributed by atoms with Gasteiger partial charge in [-0.25, -0.2) is 8.42 Å². The number of nitrogens with one attached hydrogen (secondary N) is 1. The second-order valence-corrected chi connectivity index (χ2v) is 15.0. The summed E-state index contributed by atoms with van der Waals surface area (Å²) in [6.07, 6.45) is 2.55. The molecule has 2 N–H and O–H groups in total. The standard InChI is InChI=1S/C35H54N4O8S/c1-25-22-39(26(2)24-40)35(42)31-21-28(36-34(41)12-10-19-37(4)5)13-18-32(31)47-27(3)11-8-9-20-46-33(25)23-38(6)48(43,44)30-16-14-29(45-7)15-17-30/h13-18,21,25-27,33,40H,8-12,19-20,22-24H2,1-7H3,(H,36,41)/t25-,26+,27+,33-/m0/s1. The van der Waals surface area contributed by atoms with E-state index >= 15 is 0 Å². The minimum absolute atomic E-state index is 0.0607. The smallest absolute Gasteiger partial charge is 0.258 e. The van der Waals surface area contributed by atoms with Crippen LogP contribution in [-0.4, -0.2) is 119 Å². The Kier molecular flexibility index (Phi) is 15.1. The number of fused-ring (bicyclic) bond motifs is 1. The highest BCUT2D eigenvalue weighted by Gasteiger charge is 2.32. The van der Waals surface area contributed by atoms with Crippen LogP contribution in [0.25, 0.3) is 0 Å². The molecule has 268 valence electrons. The maximum absolute atomic E-state index is 14.3. The van der Waals surface area contributed by atoms with Crippen molar-refractivity contribution in [1.82, 2.24) is 14.1 Å². The quantitative estimate of drug-likeness (QED) is 0.337. The van der Waals surface area contributed by atoms with Gasteiger partial charge in [-0.3, -0.25) is 9.59 Å². The minimum Gasteiger partial charge on any atom is -0.497 e. The number of benzene rings is 2. The Hall–Kier alpha value is -3.23. The molecule has 2 aromatic carbocycles. The zero-order valence-corrected chi connectivity index (χ0v) is 30.3. The van der Waals surface area contributed by atoms with Gasteiger partial charge >= 0.3 is 0 Å². The molecule has 13 heteroatoms. The zero-order valence-electron chi connectivity index (χ0n) is 29.5. The van der Waals surface area contributed by atoms with Crippen molar-refractivity contribution in [2.45, 2.75) is 76.0 Å². The van der Waals surface area contributed by atoms with Gasteiger partial charge in [0.2, 0.25) is 15.9 Å². The van der Waals surface area contributed by atoms with Gasteiger partial charge in [-0.05, 0) is 103 Å². The van der Waals surface area contributed by atoms with Crippen LogP contribution in [0.4, 0.5) is 5.69 Å². The fourth-order valence-corrected chi connectivity index (χ4v) is 6.70. The van der Waals surface area contributed by atoms with E-state index in [-0.39, 0.29) is 54.0 Å². The van der Waals surface area contributed by atoms with E-state index in [9.17, 15) is 23.1 Å². The number of methoxy groups -OCH3 is 1. The monoisotopic (exact) mass is 690 g/mol. The van der Waals surface area contributed by atoms with Gasteiger partial charge in [0.05, 0.1) is 42.4 Å². The summed E-state index contributed by atoms with van der Waals surface area (Å²) in [6.45, 7) is 6.76. The van der Waals surface area contributed by atoms with Crippen molar-refractivity contribution in [3.8, 4) is 11.5 Å². The molecule has 12 nitrogen and oxygen atoms in total. The molecule has 0 radical (unpaired) electrons. The number of amides is 2. The molecule has 1 aliphatic rings. The molecule has 0 aliphatic carbocycles. The summed E-state index contributed by atoms with van der Waals surface area (Å²) >= 11 is 0. The second-order valence-electron chi connectivity index (χ2n) is 12.9. The van der Waals surface area contributed by atoms with Crippen molar-refractivity contribution in [2.75, 3.05) is 66.4 Å². The van der Waals surface area contributed by atoms with Crippen molar-refractivity contribution in [3.05, 3.63) is 48.0 Å². The van der Waals surface area contributed by atoms with Gasteiger partial charge in [0.1, 0.15) is 11.5 Å². The molecule has 2 amide bonds. The Balaban J connectivity index is 1.92. The third kappa shape index (κ3) is 11.2. The molecule has 2 aromatic rings. The first kappa shape index (κ1) is 39.2. The van der Waals surface area contributed by atoms with Gasteiger partial charge in [-0.2, -0.15) is 4.31 Å². The van der Waals surface area contributed by atoms with Crippen LogP contribution in [-0.2, 0) is 19.6 Å². The van der Waals surface area contributed by atoms with Gasteiger partial charge in [0.15, 0.2) is 0 Å². The maximum atomic E-state index is 14.3. The summed E-state index contributed by atoms with van der Waals surface area (Å²) in [6, 6.07) is 10.7. The highest BCUT2D eigenvalue weighted by atomic mass is 32.2. The molecule has 0 saturated carbocycles. The number of carbonyl (C=O) groups excluding carboxylic acids is 2. The van der Waals surface area contributed by atoms with Gasteiger partial charge in [-0.15, -0.1) is 0 Å². The van der Waals surface area contributed by atoms with E-state index in [0.29, 0.717) is 43.1 Å². The molecule has 1 aliphatic heterocycles. The summed E-state index contributed by atoms with van der Waals surface area (Å²) in [4.78, 5) is 30.7. The van der Waals surface area contributed by atoms with E-state index in [4.69, 9.17) is 14.2 Å². The third-order valence-electron chi connectivity index (χ3n) is 8.55. The molecule has 0 saturated heterocycles. The topological polar surface area (TPSA) is 138 Å². The maximum Gasteiger partial charge on any atom is 0.258 e. The molecule has 4 atom stereocenters. The lowest BCUT2D eigenvalue weighted by Gasteiger charge is -2.35. The number of hydrogen-bond donors (Lipinski definition) is 2. The summed E-state index contributed by atoms with van der Waals surface area (Å²) in [7, 11) is 3.10. The van der Waals surface area contributed by atoms with E-state index in [1.807, 2.05) is 32.8 Å². The number of likely N-dealkylation sites (N-methyl/N-ethyl adjacent to an activating group) is 1. The van der Waals surface area contributed by atoms with E-state index in [2.05, 4.69) is 5.32 Å². The second kappa shape index (κ2) is 18.5. The van der Waals surface area contributed by atoms with Gasteiger partial charge < -0.3 is 34.4 Å². The van der Waals surface area contributed by atoms with Crippen LogP contribution in [0.2, 0.25) is 0 Å². The van der Waals surface area contributed by atoms with Gasteiger partial charge in [-0.1, -0.05) is 6.92 Å². The Labute approximate surface area is 286 Å². The van der Waals surface area contributed by atoms with Crippen molar-refractivity contribution in [3.63, 3.8) is 0 Å². The van der Waals surface area contributed by atoms with Crippen LogP contribution in [0.3, 0.4) is 0 Å². The Morgan fingerprint density at radius 1 is 1.12 bits per heavy atom. The molecule has 0 bridgehead atoms. The molecule has 1 heterocycles. The molecule has 0 aromatic heterocycles. The van der Waals surface area contributed by atoms with E-state index < -0.39 is 22.2 Å². The minimum atomic E-state index is -3.84. The summed E-state index contributed by atoms with van der Waals surface area (Å²) in [5.41, 5.74) is 0.750. The average Bonchev–Trinajstić information content (AvgIpc) is 3.05. The fraction of sp³-hybridized carbons (Fsp3) is 0.600. The Morgan fingerprint density at radius 3 is 2.48 bits per heavy atom. The van der Waals surface area contributed by atoms with Crippen LogP contribution in [0.15, 0.2) is 47.4 Å². The van der Waals surface area contributed by atoms with Crippen LogP contribution >= 0.6 is 0 Å². The lowest BCUT2D eigenvalue weighted by Crippen LogP contribution is -2.48. The van der Waals surface area contributed by atoms with Crippen molar-refractivity contribution in [1.29, 1.82) is 0 Å². The van der Waals surface area contributed by atoms with Crippen molar-refractivity contribution < 1.29 is 37.3 Å². The lowest BCUT2D eigenvalue weighted by molar-refractivity contribution is -0.116. The molecule has 0 fully saturated rings. The number of anilines is 1. The Bertz CT molecular complexity index is 1440. The van der Waals surface area contributed by atoms with Gasteiger partial charge in [0.25, 0.3) is 5.91 Å². The largest absolute Gasteiger partial charge is 0.497 e. The van der Waals surface area contributed by atoms with Crippen molar-refractivity contribution in [2.24, 2.45) is 5.92 Å². The molecular formula is C35H54N4O8S. The number of rotatable bonds is 12. The number of aliphatic hydroxyl groups is 1. The summed E-state index contributed by atoms with van der Waals surface area (Å²) in [5, 5.41) is 13.1. The number of nitrogens with zero attached hydrogens (tertiary/aromatic N) is 3. The molecular weight excluding hydrogens is 636 g/mol. The predicted octanol–water partition coefficient (Wildman–Crippen LogP) is 4.09. The highest BCUT2D eigenvalue weighted by molar-refractivity contribution is 7.89. The normalized spacial score (nSPS) is 20.5. The average molecular weight is 691 g/mol. The molecule has 3 rings (SSSR count). The van der Waals surface area contributed by atoms with Gasteiger partial charge in [0, 0.05) is 44.8 Å². The number of carbonyl (C=O) groups is 2. The SMILES string of the molecule is COc1ccc(S(=O)(=O)N(C)C[C@@H]2OCCCC[C@@H](C)Oc3ccc(NC(=O)CCCN(C)C)cc3C(=O)N([C@H](C)CO)C[C@@H]2C)cc1.